The standard InChI is InChI=1S/C24H33N6O7P/c1-15(2)36-24(32)17(4)29-38(33,35-11-19-6-8-20(9-7-19)37-18(5)31)14-34-16(3)10-30-13-28-21-22(25)26-12-27-23(21)30/h6-9,12-13,15-17H,10-11,14H2,1-5H3,(H,29,33)(H2,25,26,27)/t16-,17-,38?/m1/s1. The van der Waals surface area contributed by atoms with Gasteiger partial charge in [-0.1, -0.05) is 12.1 Å². The summed E-state index contributed by atoms with van der Waals surface area (Å²) >= 11 is 0. The largest absolute Gasteiger partial charge is 0.462 e. The molecule has 0 bridgehead atoms. The van der Waals surface area contributed by atoms with Crippen LogP contribution in [0.2, 0.25) is 0 Å². The normalized spacial score (nSPS) is 14.7. The highest BCUT2D eigenvalue weighted by Crippen LogP contribution is 2.44. The van der Waals surface area contributed by atoms with Crippen LogP contribution >= 0.6 is 7.52 Å². The van der Waals surface area contributed by atoms with E-state index in [1.54, 1.807) is 62.9 Å². The highest BCUT2D eigenvalue weighted by atomic mass is 31.2. The molecule has 0 radical (unpaired) electrons. The van der Waals surface area contributed by atoms with Gasteiger partial charge in [0.25, 0.3) is 7.52 Å². The van der Waals surface area contributed by atoms with Gasteiger partial charge < -0.3 is 29.0 Å². The highest BCUT2D eigenvalue weighted by molar-refractivity contribution is 7.56. The zero-order valence-corrected chi connectivity index (χ0v) is 22.9. The number of nitrogen functional groups attached to an aromatic ring is 1. The fourth-order valence-electron chi connectivity index (χ4n) is 3.38. The van der Waals surface area contributed by atoms with Crippen molar-refractivity contribution >= 4 is 36.4 Å². The molecule has 3 rings (SSSR count). The molecule has 0 aliphatic carbocycles. The van der Waals surface area contributed by atoms with Gasteiger partial charge in [0.1, 0.15) is 30.0 Å². The zero-order valence-electron chi connectivity index (χ0n) is 22.0. The van der Waals surface area contributed by atoms with E-state index in [2.05, 4.69) is 20.0 Å². The van der Waals surface area contributed by atoms with Crippen molar-refractivity contribution in [2.24, 2.45) is 0 Å². The first-order chi connectivity index (χ1) is 18.0. The minimum absolute atomic E-state index is 0.0450. The van der Waals surface area contributed by atoms with Gasteiger partial charge in [-0.2, -0.15) is 0 Å². The molecular weight excluding hydrogens is 515 g/mol. The number of imidazole rings is 1. The molecule has 1 aromatic carbocycles. The van der Waals surface area contributed by atoms with Gasteiger partial charge in [-0.15, -0.1) is 0 Å². The maximum absolute atomic E-state index is 13.8. The number of hydrogen-bond donors (Lipinski definition) is 2. The summed E-state index contributed by atoms with van der Waals surface area (Å²) in [6, 6.07) is 5.66. The number of aromatic nitrogens is 4. The predicted molar refractivity (Wildman–Crippen MR) is 139 cm³/mol. The number of ether oxygens (including phenoxy) is 3. The predicted octanol–water partition coefficient (Wildman–Crippen LogP) is 3.04. The molecule has 0 saturated carbocycles. The minimum Gasteiger partial charge on any atom is -0.462 e. The molecule has 206 valence electrons. The molecule has 0 aliphatic heterocycles. The van der Waals surface area contributed by atoms with Crippen LogP contribution in [0.1, 0.15) is 40.2 Å². The Morgan fingerprint density at radius 2 is 1.82 bits per heavy atom. The van der Waals surface area contributed by atoms with E-state index in [1.165, 1.54) is 13.3 Å². The Morgan fingerprint density at radius 1 is 1.11 bits per heavy atom. The lowest BCUT2D eigenvalue weighted by Gasteiger charge is -2.25. The van der Waals surface area contributed by atoms with Crippen molar-refractivity contribution in [1.29, 1.82) is 0 Å². The number of benzene rings is 1. The number of rotatable bonds is 13. The van der Waals surface area contributed by atoms with Gasteiger partial charge >= 0.3 is 11.9 Å². The summed E-state index contributed by atoms with van der Waals surface area (Å²) < 4.78 is 37.4. The average Bonchev–Trinajstić information content (AvgIpc) is 3.25. The van der Waals surface area contributed by atoms with Crippen molar-refractivity contribution in [3.63, 3.8) is 0 Å². The number of carbonyl (C=O) groups is 2. The number of nitrogens with one attached hydrogen (secondary N) is 1. The smallest absolute Gasteiger partial charge is 0.323 e. The van der Waals surface area contributed by atoms with Crippen LogP contribution in [0.5, 0.6) is 5.75 Å². The summed E-state index contributed by atoms with van der Waals surface area (Å²) in [7, 11) is -3.70. The van der Waals surface area contributed by atoms with Gasteiger partial charge in [-0.05, 0) is 45.4 Å². The Labute approximate surface area is 220 Å². The number of carbonyl (C=O) groups excluding carboxylic acids is 2. The molecule has 0 fully saturated rings. The quantitative estimate of drug-likeness (QED) is 0.182. The molecule has 2 heterocycles. The number of anilines is 1. The van der Waals surface area contributed by atoms with Crippen molar-refractivity contribution < 1.29 is 32.9 Å². The van der Waals surface area contributed by atoms with Gasteiger partial charge in [0.05, 0.1) is 31.7 Å². The van der Waals surface area contributed by atoms with E-state index in [1.807, 2.05) is 0 Å². The molecular formula is C24H33N6O7P. The van der Waals surface area contributed by atoms with E-state index >= 15 is 0 Å². The molecule has 2 aromatic heterocycles. The summed E-state index contributed by atoms with van der Waals surface area (Å²) in [5, 5.41) is 2.77. The van der Waals surface area contributed by atoms with E-state index in [-0.39, 0.29) is 24.9 Å². The van der Waals surface area contributed by atoms with Gasteiger partial charge in [-0.25, -0.2) is 20.0 Å². The summed E-state index contributed by atoms with van der Waals surface area (Å²) in [6.07, 6.45) is 1.85. The van der Waals surface area contributed by atoms with Crippen LogP contribution in [0.4, 0.5) is 5.82 Å². The van der Waals surface area contributed by atoms with Crippen LogP contribution in [-0.4, -0.2) is 56.1 Å². The van der Waals surface area contributed by atoms with E-state index < -0.39 is 31.6 Å². The van der Waals surface area contributed by atoms with Crippen molar-refractivity contribution in [2.45, 2.75) is 66.0 Å². The molecule has 3 atom stereocenters. The van der Waals surface area contributed by atoms with Gasteiger partial charge in [-0.3, -0.25) is 14.2 Å². The lowest BCUT2D eigenvalue weighted by Crippen LogP contribution is -2.36. The van der Waals surface area contributed by atoms with E-state index in [0.717, 1.165) is 0 Å². The lowest BCUT2D eigenvalue weighted by molar-refractivity contribution is -0.149. The van der Waals surface area contributed by atoms with Gasteiger partial charge in [0, 0.05) is 6.92 Å². The second kappa shape index (κ2) is 12.9. The van der Waals surface area contributed by atoms with Gasteiger partial charge in [0.15, 0.2) is 11.5 Å². The maximum Gasteiger partial charge on any atom is 0.323 e. The Balaban J connectivity index is 1.68. The first kappa shape index (κ1) is 29.2. The number of nitrogens with zero attached hydrogens (tertiary/aromatic N) is 4. The first-order valence-electron chi connectivity index (χ1n) is 12.0. The molecule has 0 aliphatic rings. The molecule has 0 amide bonds. The van der Waals surface area contributed by atoms with Crippen molar-refractivity contribution in [1.82, 2.24) is 24.6 Å². The third-order valence-electron chi connectivity index (χ3n) is 5.13. The Morgan fingerprint density at radius 3 is 2.47 bits per heavy atom. The molecule has 3 N–H and O–H groups in total. The fraction of sp³-hybridized carbons (Fsp3) is 0.458. The lowest BCUT2D eigenvalue weighted by atomic mass is 10.2. The summed E-state index contributed by atoms with van der Waals surface area (Å²) in [5.74, 6) is -0.350. The summed E-state index contributed by atoms with van der Waals surface area (Å²) in [6.45, 7) is 8.40. The van der Waals surface area contributed by atoms with Crippen LogP contribution in [0, 0.1) is 0 Å². The summed E-state index contributed by atoms with van der Waals surface area (Å²) in [4.78, 5) is 35.9. The molecule has 0 saturated heterocycles. The average molecular weight is 549 g/mol. The highest BCUT2D eigenvalue weighted by Gasteiger charge is 2.31. The maximum atomic E-state index is 13.8. The third kappa shape index (κ3) is 8.32. The summed E-state index contributed by atoms with van der Waals surface area (Å²) in [5.41, 5.74) is 7.55. The van der Waals surface area contributed by atoms with Crippen LogP contribution in [0.3, 0.4) is 0 Å². The fourth-order valence-corrected chi connectivity index (χ4v) is 5.11. The number of hydrogen-bond acceptors (Lipinski definition) is 11. The van der Waals surface area contributed by atoms with Gasteiger partial charge in [0.2, 0.25) is 0 Å². The van der Waals surface area contributed by atoms with Crippen molar-refractivity contribution in [3.8, 4) is 5.75 Å². The molecule has 38 heavy (non-hydrogen) atoms. The van der Waals surface area contributed by atoms with E-state index in [4.69, 9.17) is 24.5 Å². The Bertz CT molecular complexity index is 1300. The van der Waals surface area contributed by atoms with E-state index in [9.17, 15) is 14.2 Å². The minimum atomic E-state index is -3.70. The van der Waals surface area contributed by atoms with E-state index in [0.29, 0.717) is 29.0 Å². The molecule has 1 unspecified atom stereocenters. The number of nitrogens with two attached hydrogens (primary N) is 1. The molecule has 0 spiro atoms. The van der Waals surface area contributed by atoms with Crippen LogP contribution in [0.15, 0.2) is 36.9 Å². The van der Waals surface area contributed by atoms with Crippen LogP contribution in [-0.2, 0) is 41.3 Å². The molecule has 3 aromatic rings. The topological polar surface area (TPSA) is 170 Å². The number of esters is 2. The monoisotopic (exact) mass is 548 g/mol. The second-order valence-corrected chi connectivity index (χ2v) is 11.1. The molecule has 14 heteroatoms. The zero-order chi connectivity index (χ0) is 27.9. The third-order valence-corrected chi connectivity index (χ3v) is 6.95. The second-order valence-electron chi connectivity index (χ2n) is 8.96. The molecule has 13 nitrogen and oxygen atoms in total. The van der Waals surface area contributed by atoms with Crippen LogP contribution in [0.25, 0.3) is 11.2 Å². The number of fused-ring (bicyclic) bond motifs is 1. The SMILES string of the molecule is CC(=O)Oc1ccc(COP(=O)(CO[C@H](C)Cn2cnc3c(N)ncnc32)N[C@H](C)C(=O)OC(C)C)cc1. The Kier molecular flexibility index (Phi) is 9.92. The Hall–Kier alpha value is -3.38. The van der Waals surface area contributed by atoms with Crippen molar-refractivity contribution in [2.75, 3.05) is 12.1 Å². The first-order valence-corrected chi connectivity index (χ1v) is 13.8. The van der Waals surface area contributed by atoms with Crippen molar-refractivity contribution in [3.05, 3.63) is 42.5 Å². The van der Waals surface area contributed by atoms with Crippen LogP contribution < -0.4 is 15.6 Å².